The highest BCUT2D eigenvalue weighted by Crippen LogP contribution is 2.46. The topological polar surface area (TPSA) is 76.7 Å². The molecular formula is C23H28N2O4. The third kappa shape index (κ3) is 5.28. The van der Waals surface area contributed by atoms with Gasteiger partial charge in [-0.3, -0.25) is 9.59 Å². The van der Waals surface area contributed by atoms with Gasteiger partial charge in [-0.2, -0.15) is 0 Å². The predicted octanol–water partition coefficient (Wildman–Crippen LogP) is 3.56. The Kier molecular flexibility index (Phi) is 6.42. The molecule has 6 nitrogen and oxygen atoms in total. The van der Waals surface area contributed by atoms with Crippen molar-refractivity contribution in [2.75, 3.05) is 19.0 Å². The lowest BCUT2D eigenvalue weighted by atomic mass is 10.0. The molecule has 6 heteroatoms. The van der Waals surface area contributed by atoms with Gasteiger partial charge >= 0.3 is 0 Å². The van der Waals surface area contributed by atoms with Gasteiger partial charge in [0.05, 0.1) is 13.2 Å². The summed E-state index contributed by atoms with van der Waals surface area (Å²) in [6, 6.07) is 14.9. The van der Waals surface area contributed by atoms with Crippen LogP contribution in [0, 0.1) is 5.41 Å². The highest BCUT2D eigenvalue weighted by molar-refractivity contribution is 6.13. The molecule has 0 radical (unpaired) electrons. The van der Waals surface area contributed by atoms with Crippen LogP contribution in [0.5, 0.6) is 11.5 Å². The van der Waals surface area contributed by atoms with Crippen LogP contribution in [0.25, 0.3) is 0 Å². The molecule has 29 heavy (non-hydrogen) atoms. The zero-order valence-corrected chi connectivity index (χ0v) is 17.2. The highest BCUT2D eigenvalue weighted by Gasteiger charge is 2.56. The zero-order valence-electron chi connectivity index (χ0n) is 17.2. The van der Waals surface area contributed by atoms with E-state index >= 15 is 0 Å². The van der Waals surface area contributed by atoms with E-state index in [1.54, 1.807) is 19.2 Å². The van der Waals surface area contributed by atoms with Crippen LogP contribution in [0.3, 0.4) is 0 Å². The van der Waals surface area contributed by atoms with Crippen molar-refractivity contribution in [3.05, 3.63) is 54.1 Å². The number of nitrogens with one attached hydrogen (secondary N) is 2. The number of carbonyl (C=O) groups excluding carboxylic acids is 2. The molecule has 0 aliphatic heterocycles. The van der Waals surface area contributed by atoms with Crippen molar-refractivity contribution in [1.82, 2.24) is 5.32 Å². The summed E-state index contributed by atoms with van der Waals surface area (Å²) >= 11 is 0. The molecule has 0 unspecified atom stereocenters. The van der Waals surface area contributed by atoms with Crippen LogP contribution in [-0.2, 0) is 16.0 Å². The first-order valence-electron chi connectivity index (χ1n) is 9.92. The lowest BCUT2D eigenvalue weighted by molar-refractivity contribution is -0.134. The van der Waals surface area contributed by atoms with Gasteiger partial charge in [-0.1, -0.05) is 12.1 Å². The molecule has 2 aromatic carbocycles. The van der Waals surface area contributed by atoms with Crippen molar-refractivity contribution >= 4 is 17.5 Å². The second-order valence-corrected chi connectivity index (χ2v) is 7.58. The van der Waals surface area contributed by atoms with E-state index < -0.39 is 5.41 Å². The van der Waals surface area contributed by atoms with Gasteiger partial charge in [0.15, 0.2) is 0 Å². The fourth-order valence-electron chi connectivity index (χ4n) is 3.14. The Morgan fingerprint density at radius 1 is 1.03 bits per heavy atom. The maximum absolute atomic E-state index is 12.7. The van der Waals surface area contributed by atoms with Gasteiger partial charge in [-0.15, -0.1) is 0 Å². The summed E-state index contributed by atoms with van der Waals surface area (Å²) < 4.78 is 10.8. The smallest absolute Gasteiger partial charge is 0.240 e. The number of anilines is 1. The van der Waals surface area contributed by atoms with Gasteiger partial charge in [-0.05, 0) is 75.1 Å². The summed E-state index contributed by atoms with van der Waals surface area (Å²) in [5.74, 6) is 1.07. The monoisotopic (exact) mass is 396 g/mol. The van der Waals surface area contributed by atoms with E-state index in [1.165, 1.54) is 0 Å². The Balaban J connectivity index is 1.51. The second kappa shape index (κ2) is 8.99. The Morgan fingerprint density at radius 3 is 2.38 bits per heavy atom. The number of hydrogen-bond acceptors (Lipinski definition) is 4. The zero-order chi connectivity index (χ0) is 20.9. The van der Waals surface area contributed by atoms with Crippen molar-refractivity contribution in [2.24, 2.45) is 5.41 Å². The Hall–Kier alpha value is -3.02. The van der Waals surface area contributed by atoms with Crippen LogP contribution >= 0.6 is 0 Å². The third-order valence-corrected chi connectivity index (χ3v) is 4.94. The SMILES string of the molecule is COc1cccc(CCNC(=O)C2(C(=O)Nc3ccc(OC(C)C)cc3)CC2)c1. The molecule has 0 atom stereocenters. The van der Waals surface area contributed by atoms with E-state index in [0.29, 0.717) is 31.5 Å². The normalized spacial score (nSPS) is 14.2. The van der Waals surface area contributed by atoms with E-state index in [-0.39, 0.29) is 17.9 Å². The number of methoxy groups -OCH3 is 1. The van der Waals surface area contributed by atoms with E-state index in [9.17, 15) is 9.59 Å². The lowest BCUT2D eigenvalue weighted by Gasteiger charge is -2.16. The van der Waals surface area contributed by atoms with E-state index in [2.05, 4.69) is 10.6 Å². The molecule has 1 saturated carbocycles. The molecule has 2 N–H and O–H groups in total. The lowest BCUT2D eigenvalue weighted by Crippen LogP contribution is -2.40. The Bertz CT molecular complexity index is 857. The first kappa shape index (κ1) is 20.7. The number of hydrogen-bond donors (Lipinski definition) is 2. The van der Waals surface area contributed by atoms with Crippen molar-refractivity contribution in [1.29, 1.82) is 0 Å². The molecule has 0 saturated heterocycles. The number of rotatable bonds is 9. The number of carbonyl (C=O) groups is 2. The molecule has 1 fully saturated rings. The second-order valence-electron chi connectivity index (χ2n) is 7.58. The molecule has 0 heterocycles. The summed E-state index contributed by atoms with van der Waals surface area (Å²) in [5, 5.41) is 5.77. The van der Waals surface area contributed by atoms with Gasteiger partial charge in [0.25, 0.3) is 0 Å². The summed E-state index contributed by atoms with van der Waals surface area (Å²) in [7, 11) is 1.63. The molecule has 2 amide bonds. The highest BCUT2D eigenvalue weighted by atomic mass is 16.5. The van der Waals surface area contributed by atoms with Crippen LogP contribution in [0.1, 0.15) is 32.3 Å². The number of benzene rings is 2. The average Bonchev–Trinajstić information content (AvgIpc) is 3.51. The summed E-state index contributed by atoms with van der Waals surface area (Å²) in [5.41, 5.74) is 0.769. The molecule has 3 rings (SSSR count). The minimum atomic E-state index is -0.957. The van der Waals surface area contributed by atoms with Crippen molar-refractivity contribution in [3.8, 4) is 11.5 Å². The maximum Gasteiger partial charge on any atom is 0.240 e. The van der Waals surface area contributed by atoms with Gasteiger partial charge < -0.3 is 20.1 Å². The van der Waals surface area contributed by atoms with Crippen molar-refractivity contribution in [2.45, 2.75) is 39.2 Å². The van der Waals surface area contributed by atoms with Crippen molar-refractivity contribution < 1.29 is 19.1 Å². The van der Waals surface area contributed by atoms with Crippen LogP contribution in [-0.4, -0.2) is 31.6 Å². The molecule has 1 aliphatic carbocycles. The van der Waals surface area contributed by atoms with Crippen LogP contribution in [0.4, 0.5) is 5.69 Å². The molecule has 2 aromatic rings. The van der Waals surface area contributed by atoms with Crippen LogP contribution < -0.4 is 20.1 Å². The number of ether oxygens (including phenoxy) is 2. The molecule has 0 bridgehead atoms. The minimum absolute atomic E-state index is 0.0887. The quantitative estimate of drug-likeness (QED) is 0.636. The molecule has 0 aromatic heterocycles. The fourth-order valence-corrected chi connectivity index (χ4v) is 3.14. The van der Waals surface area contributed by atoms with Gasteiger partial charge in [0.2, 0.25) is 11.8 Å². The molecule has 0 spiro atoms. The molecular weight excluding hydrogens is 368 g/mol. The summed E-state index contributed by atoms with van der Waals surface area (Å²) in [6.07, 6.45) is 1.90. The predicted molar refractivity (Wildman–Crippen MR) is 112 cm³/mol. The van der Waals surface area contributed by atoms with Gasteiger partial charge in [0.1, 0.15) is 16.9 Å². The standard InChI is InChI=1S/C23H28N2O4/c1-16(2)29-19-9-7-18(8-10-19)25-22(27)23(12-13-23)21(26)24-14-11-17-5-4-6-20(15-17)28-3/h4-10,15-16H,11-14H2,1-3H3,(H,24,26)(H,25,27). The van der Waals surface area contributed by atoms with E-state index in [0.717, 1.165) is 17.1 Å². The fraction of sp³-hybridized carbons (Fsp3) is 0.391. The summed E-state index contributed by atoms with van der Waals surface area (Å²) in [4.78, 5) is 25.3. The number of amides is 2. The van der Waals surface area contributed by atoms with Gasteiger partial charge in [0, 0.05) is 12.2 Å². The summed E-state index contributed by atoms with van der Waals surface area (Å²) in [6.45, 7) is 4.39. The van der Waals surface area contributed by atoms with Crippen LogP contribution in [0.2, 0.25) is 0 Å². The van der Waals surface area contributed by atoms with Crippen LogP contribution in [0.15, 0.2) is 48.5 Å². The van der Waals surface area contributed by atoms with Crippen molar-refractivity contribution in [3.63, 3.8) is 0 Å². The largest absolute Gasteiger partial charge is 0.497 e. The maximum atomic E-state index is 12.7. The average molecular weight is 396 g/mol. The first-order chi connectivity index (χ1) is 13.9. The van der Waals surface area contributed by atoms with E-state index in [4.69, 9.17) is 9.47 Å². The first-order valence-corrected chi connectivity index (χ1v) is 9.92. The molecule has 1 aliphatic rings. The third-order valence-electron chi connectivity index (χ3n) is 4.94. The van der Waals surface area contributed by atoms with Gasteiger partial charge in [-0.25, -0.2) is 0 Å². The molecule has 154 valence electrons. The van der Waals surface area contributed by atoms with E-state index in [1.807, 2.05) is 50.2 Å². The minimum Gasteiger partial charge on any atom is -0.497 e. The Labute approximate surface area is 171 Å². The Morgan fingerprint density at radius 2 is 1.76 bits per heavy atom.